The number of likely N-dealkylation sites (tertiary alicyclic amines) is 1. The summed E-state index contributed by atoms with van der Waals surface area (Å²) in [5.41, 5.74) is 2.29. The smallest absolute Gasteiger partial charge is 0.256 e. The van der Waals surface area contributed by atoms with E-state index < -0.39 is 14.6 Å². The van der Waals surface area contributed by atoms with E-state index in [0.29, 0.717) is 25.2 Å². The first-order valence-corrected chi connectivity index (χ1v) is 11.7. The number of ether oxygens (including phenoxy) is 1. The van der Waals surface area contributed by atoms with Crippen LogP contribution in [0.2, 0.25) is 0 Å². The highest BCUT2D eigenvalue weighted by molar-refractivity contribution is 7.93. The monoisotopic (exact) mass is 425 g/mol. The molecule has 2 fully saturated rings. The Bertz CT molecular complexity index is 1180. The van der Waals surface area contributed by atoms with Crippen molar-refractivity contribution in [3.63, 3.8) is 0 Å². The molecular formula is C22H23N3O4S. The van der Waals surface area contributed by atoms with Gasteiger partial charge in [0.25, 0.3) is 5.91 Å². The Hall–Kier alpha value is -2.71. The number of hydrogen-bond donors (Lipinski definition) is 1. The Labute approximate surface area is 175 Å². The quantitative estimate of drug-likeness (QED) is 0.678. The summed E-state index contributed by atoms with van der Waals surface area (Å²) in [4.78, 5) is 22.0. The molecule has 5 rings (SSSR count). The standard InChI is InChI=1S/C22H23N3O4S/c26-21(19-11-24-20-7-2-1-6-18(19)20)25-14-22(15-25)16(8-10-30(22,27)28)12-29-13-17-5-3-4-9-23-17/h1-7,9,11,16,24H,8,10,12-15H2/t16-/m0/s1. The van der Waals surface area contributed by atoms with E-state index in [4.69, 9.17) is 4.74 Å². The minimum atomic E-state index is -3.27. The minimum absolute atomic E-state index is 0.113. The Balaban J connectivity index is 1.29. The molecule has 2 saturated heterocycles. The number of amides is 1. The second-order valence-corrected chi connectivity index (χ2v) is 10.6. The maximum Gasteiger partial charge on any atom is 0.256 e. The molecule has 0 unspecified atom stereocenters. The summed E-state index contributed by atoms with van der Waals surface area (Å²) in [6.45, 7) is 1.16. The van der Waals surface area contributed by atoms with Crippen molar-refractivity contribution in [3.8, 4) is 0 Å². The van der Waals surface area contributed by atoms with Gasteiger partial charge in [-0.15, -0.1) is 0 Å². The highest BCUT2D eigenvalue weighted by Crippen LogP contribution is 2.45. The number of pyridine rings is 1. The fourth-order valence-electron chi connectivity index (χ4n) is 4.66. The zero-order valence-corrected chi connectivity index (χ0v) is 17.3. The lowest BCUT2D eigenvalue weighted by molar-refractivity contribution is 0.0205. The Morgan fingerprint density at radius 3 is 2.80 bits per heavy atom. The third-order valence-electron chi connectivity index (χ3n) is 6.42. The molecule has 0 saturated carbocycles. The maximum atomic E-state index is 13.0. The lowest BCUT2D eigenvalue weighted by atomic mass is 9.83. The SMILES string of the molecule is O=C(c1c[nH]c2ccccc12)N1CC2(C1)[C@H](COCc1ccccn1)CCS2(=O)=O. The number of para-hydroxylation sites is 1. The van der Waals surface area contributed by atoms with E-state index >= 15 is 0 Å². The molecule has 1 N–H and O–H groups in total. The van der Waals surface area contributed by atoms with E-state index in [0.717, 1.165) is 16.6 Å². The number of sulfone groups is 1. The number of fused-ring (bicyclic) bond motifs is 1. The average molecular weight is 426 g/mol. The number of hydrogen-bond acceptors (Lipinski definition) is 5. The van der Waals surface area contributed by atoms with Crippen molar-refractivity contribution in [1.82, 2.24) is 14.9 Å². The third-order valence-corrected chi connectivity index (χ3v) is 9.02. The number of rotatable bonds is 5. The van der Waals surface area contributed by atoms with Crippen LogP contribution in [0.15, 0.2) is 54.9 Å². The van der Waals surface area contributed by atoms with E-state index in [9.17, 15) is 13.2 Å². The van der Waals surface area contributed by atoms with Gasteiger partial charge in [0, 0.05) is 42.3 Å². The van der Waals surface area contributed by atoms with Crippen molar-refractivity contribution in [1.29, 1.82) is 0 Å². The number of H-pyrrole nitrogens is 1. The van der Waals surface area contributed by atoms with Gasteiger partial charge >= 0.3 is 0 Å². The number of nitrogens with one attached hydrogen (secondary N) is 1. The number of carbonyl (C=O) groups excluding carboxylic acids is 1. The van der Waals surface area contributed by atoms with Gasteiger partial charge in [-0.1, -0.05) is 24.3 Å². The lowest BCUT2D eigenvalue weighted by Gasteiger charge is -2.49. The number of aromatic amines is 1. The van der Waals surface area contributed by atoms with Gasteiger partial charge in [0.05, 0.1) is 30.2 Å². The topological polar surface area (TPSA) is 92.4 Å². The molecule has 1 amide bonds. The van der Waals surface area contributed by atoms with E-state index in [-0.39, 0.29) is 30.7 Å². The highest BCUT2D eigenvalue weighted by atomic mass is 32.2. The van der Waals surface area contributed by atoms with Crippen molar-refractivity contribution in [2.75, 3.05) is 25.4 Å². The molecule has 2 aliphatic rings. The summed E-state index contributed by atoms with van der Waals surface area (Å²) in [6, 6.07) is 13.2. The molecule has 8 heteroatoms. The largest absolute Gasteiger partial charge is 0.375 e. The van der Waals surface area contributed by atoms with Crippen LogP contribution in [0.1, 0.15) is 22.5 Å². The van der Waals surface area contributed by atoms with Gasteiger partial charge in [-0.3, -0.25) is 9.78 Å². The molecular weight excluding hydrogens is 402 g/mol. The Kier molecular flexibility index (Phi) is 4.63. The molecule has 1 atom stereocenters. The van der Waals surface area contributed by atoms with Crippen LogP contribution in [0.25, 0.3) is 10.9 Å². The maximum absolute atomic E-state index is 13.0. The summed E-state index contributed by atoms with van der Waals surface area (Å²) < 4.78 is 30.7. The first-order valence-electron chi connectivity index (χ1n) is 10.1. The normalized spacial score (nSPS) is 21.7. The molecule has 0 radical (unpaired) electrons. The summed E-state index contributed by atoms with van der Waals surface area (Å²) in [6.07, 6.45) is 3.98. The van der Waals surface area contributed by atoms with Gasteiger partial charge in [-0.25, -0.2) is 8.42 Å². The molecule has 0 aliphatic carbocycles. The van der Waals surface area contributed by atoms with Crippen molar-refractivity contribution in [3.05, 3.63) is 66.1 Å². The minimum Gasteiger partial charge on any atom is -0.375 e. The summed E-state index contributed by atoms with van der Waals surface area (Å²) in [5.74, 6) is -0.0914. The zero-order valence-electron chi connectivity index (χ0n) is 16.5. The summed E-state index contributed by atoms with van der Waals surface area (Å²) in [5, 5.41) is 0.855. The number of benzene rings is 1. The molecule has 7 nitrogen and oxygen atoms in total. The molecule has 2 aromatic heterocycles. The predicted molar refractivity (Wildman–Crippen MR) is 113 cm³/mol. The molecule has 2 aliphatic heterocycles. The van der Waals surface area contributed by atoms with Crippen molar-refractivity contribution >= 4 is 26.6 Å². The zero-order chi connectivity index (χ0) is 20.8. The van der Waals surface area contributed by atoms with Crippen molar-refractivity contribution in [2.45, 2.75) is 17.8 Å². The van der Waals surface area contributed by atoms with Crippen LogP contribution >= 0.6 is 0 Å². The lowest BCUT2D eigenvalue weighted by Crippen LogP contribution is -2.68. The molecule has 3 aromatic rings. The van der Waals surface area contributed by atoms with E-state index in [1.807, 2.05) is 42.5 Å². The Morgan fingerprint density at radius 1 is 1.20 bits per heavy atom. The summed E-state index contributed by atoms with van der Waals surface area (Å²) >= 11 is 0. The van der Waals surface area contributed by atoms with Gasteiger partial charge in [0.1, 0.15) is 4.75 Å². The van der Waals surface area contributed by atoms with Crippen LogP contribution in [0.4, 0.5) is 0 Å². The van der Waals surface area contributed by atoms with E-state index in [1.54, 1.807) is 17.3 Å². The number of nitrogens with zero attached hydrogens (tertiary/aromatic N) is 2. The van der Waals surface area contributed by atoms with Crippen LogP contribution in [0.3, 0.4) is 0 Å². The molecule has 30 heavy (non-hydrogen) atoms. The number of carbonyl (C=O) groups is 1. The highest BCUT2D eigenvalue weighted by Gasteiger charge is 2.62. The Morgan fingerprint density at radius 2 is 2.00 bits per heavy atom. The second kappa shape index (κ2) is 7.21. The predicted octanol–water partition coefficient (Wildman–Crippen LogP) is 2.41. The van der Waals surface area contributed by atoms with Gasteiger partial charge in [0.2, 0.25) is 0 Å². The molecule has 4 heterocycles. The van der Waals surface area contributed by atoms with Crippen LogP contribution < -0.4 is 0 Å². The fraction of sp³-hybridized carbons (Fsp3) is 0.364. The molecule has 156 valence electrons. The number of aromatic nitrogens is 2. The van der Waals surface area contributed by atoms with Crippen LogP contribution in [0, 0.1) is 5.92 Å². The molecule has 0 bridgehead atoms. The van der Waals surface area contributed by atoms with Gasteiger partial charge < -0.3 is 14.6 Å². The fourth-order valence-corrected chi connectivity index (χ4v) is 7.06. The van der Waals surface area contributed by atoms with Gasteiger partial charge in [-0.2, -0.15) is 0 Å². The van der Waals surface area contributed by atoms with Gasteiger partial charge in [-0.05, 0) is 24.6 Å². The first-order chi connectivity index (χ1) is 14.5. The second-order valence-electron chi connectivity index (χ2n) is 8.11. The van der Waals surface area contributed by atoms with Gasteiger partial charge in [0.15, 0.2) is 9.84 Å². The van der Waals surface area contributed by atoms with E-state index in [2.05, 4.69) is 9.97 Å². The molecule has 1 aromatic carbocycles. The van der Waals surface area contributed by atoms with Crippen molar-refractivity contribution in [2.24, 2.45) is 5.92 Å². The van der Waals surface area contributed by atoms with E-state index in [1.165, 1.54) is 0 Å². The molecule has 1 spiro atoms. The van der Waals surface area contributed by atoms with Crippen LogP contribution in [-0.4, -0.2) is 59.4 Å². The first kappa shape index (κ1) is 19.3. The summed E-state index contributed by atoms with van der Waals surface area (Å²) in [7, 11) is -3.27. The average Bonchev–Trinajstić information content (AvgIpc) is 3.26. The third kappa shape index (κ3) is 3.02. The van der Waals surface area contributed by atoms with Crippen LogP contribution in [-0.2, 0) is 21.2 Å². The van der Waals surface area contributed by atoms with Crippen LogP contribution in [0.5, 0.6) is 0 Å². The van der Waals surface area contributed by atoms with Crippen molar-refractivity contribution < 1.29 is 17.9 Å².